The van der Waals surface area contributed by atoms with Gasteiger partial charge in [0.15, 0.2) is 8.32 Å². The summed E-state index contributed by atoms with van der Waals surface area (Å²) in [5.41, 5.74) is 1.66. The maximum atomic E-state index is 11.1. The highest BCUT2D eigenvalue weighted by Crippen LogP contribution is 2.42. The third-order valence-electron chi connectivity index (χ3n) is 4.30. The first-order chi connectivity index (χ1) is 10.7. The van der Waals surface area contributed by atoms with Crippen LogP contribution in [0.3, 0.4) is 0 Å². The second kappa shape index (κ2) is 10.9. The molecule has 0 fully saturated rings. The number of ether oxygens (including phenoxy) is 1. The maximum Gasteiger partial charge on any atom is 0.384 e. The Labute approximate surface area is 143 Å². The van der Waals surface area contributed by atoms with E-state index in [4.69, 9.17) is 9.16 Å². The standard InChI is InChI=1S/C18H34O4Si/c1-8-21-18(20)12-11-17(19)10-9-13-22-23(14(2)3,15(4)5)16(6)7/h14-17,19H,8-10,13H2,1-7H3/t17-/m1/s1. The topological polar surface area (TPSA) is 55.8 Å². The molecule has 0 aliphatic heterocycles. The lowest BCUT2D eigenvalue weighted by molar-refractivity contribution is -0.136. The third-order valence-corrected chi connectivity index (χ3v) is 10.4. The smallest absolute Gasteiger partial charge is 0.384 e. The van der Waals surface area contributed by atoms with E-state index in [0.29, 0.717) is 36.3 Å². The first-order valence-electron chi connectivity index (χ1n) is 8.68. The zero-order chi connectivity index (χ0) is 18.0. The Morgan fingerprint density at radius 2 is 1.61 bits per heavy atom. The van der Waals surface area contributed by atoms with Crippen LogP contribution in [0.15, 0.2) is 0 Å². The molecular weight excluding hydrogens is 308 g/mol. The molecular formula is C18H34O4Si. The van der Waals surface area contributed by atoms with Crippen LogP contribution in [0.25, 0.3) is 0 Å². The summed E-state index contributed by atoms with van der Waals surface area (Å²) in [7, 11) is -1.84. The fraction of sp³-hybridized carbons (Fsp3) is 0.833. The van der Waals surface area contributed by atoms with Gasteiger partial charge in [-0.1, -0.05) is 47.5 Å². The fourth-order valence-corrected chi connectivity index (χ4v) is 8.91. The van der Waals surface area contributed by atoms with Crippen molar-refractivity contribution in [2.75, 3.05) is 13.2 Å². The predicted molar refractivity (Wildman–Crippen MR) is 96.6 cm³/mol. The van der Waals surface area contributed by atoms with Crippen molar-refractivity contribution in [1.29, 1.82) is 0 Å². The molecule has 0 radical (unpaired) electrons. The molecule has 0 amide bonds. The van der Waals surface area contributed by atoms with Gasteiger partial charge in [0.25, 0.3) is 0 Å². The van der Waals surface area contributed by atoms with E-state index in [1.807, 2.05) is 0 Å². The summed E-state index contributed by atoms with van der Waals surface area (Å²) in [5, 5.41) is 9.80. The van der Waals surface area contributed by atoms with Crippen molar-refractivity contribution in [3.63, 3.8) is 0 Å². The minimum absolute atomic E-state index is 0.295. The molecule has 0 unspecified atom stereocenters. The van der Waals surface area contributed by atoms with Crippen LogP contribution in [-0.4, -0.2) is 38.7 Å². The number of rotatable bonds is 9. The van der Waals surface area contributed by atoms with Gasteiger partial charge in [0.1, 0.15) is 6.10 Å². The van der Waals surface area contributed by atoms with E-state index in [9.17, 15) is 9.90 Å². The molecule has 0 saturated carbocycles. The summed E-state index contributed by atoms with van der Waals surface area (Å²) in [5.74, 6) is 4.23. The Balaban J connectivity index is 4.44. The van der Waals surface area contributed by atoms with E-state index in [-0.39, 0.29) is 0 Å². The van der Waals surface area contributed by atoms with Crippen molar-refractivity contribution < 1.29 is 19.1 Å². The van der Waals surface area contributed by atoms with Gasteiger partial charge in [-0.15, -0.1) is 0 Å². The van der Waals surface area contributed by atoms with E-state index >= 15 is 0 Å². The molecule has 23 heavy (non-hydrogen) atoms. The predicted octanol–water partition coefficient (Wildman–Crippen LogP) is 3.89. The van der Waals surface area contributed by atoms with E-state index in [0.717, 1.165) is 6.42 Å². The van der Waals surface area contributed by atoms with Gasteiger partial charge in [-0.25, -0.2) is 4.79 Å². The third kappa shape index (κ3) is 7.07. The van der Waals surface area contributed by atoms with Gasteiger partial charge >= 0.3 is 5.97 Å². The van der Waals surface area contributed by atoms with Crippen LogP contribution < -0.4 is 0 Å². The Bertz CT molecular complexity index is 385. The largest absolute Gasteiger partial charge is 0.456 e. The van der Waals surface area contributed by atoms with Crippen LogP contribution in [0, 0.1) is 11.8 Å². The van der Waals surface area contributed by atoms with Crippen molar-refractivity contribution in [2.24, 2.45) is 0 Å². The van der Waals surface area contributed by atoms with Gasteiger partial charge in [-0.2, -0.15) is 0 Å². The van der Waals surface area contributed by atoms with Gasteiger partial charge in [0.2, 0.25) is 0 Å². The van der Waals surface area contributed by atoms with Gasteiger partial charge < -0.3 is 14.3 Å². The zero-order valence-electron chi connectivity index (χ0n) is 15.8. The lowest BCUT2D eigenvalue weighted by atomic mass is 10.2. The zero-order valence-corrected chi connectivity index (χ0v) is 16.8. The Morgan fingerprint density at radius 1 is 1.09 bits per heavy atom. The number of esters is 1. The van der Waals surface area contributed by atoms with Crippen LogP contribution in [0.1, 0.15) is 61.3 Å². The van der Waals surface area contributed by atoms with Gasteiger partial charge in [0, 0.05) is 12.5 Å². The van der Waals surface area contributed by atoms with E-state index < -0.39 is 20.4 Å². The molecule has 0 aromatic rings. The van der Waals surface area contributed by atoms with Crippen molar-refractivity contribution >= 4 is 14.3 Å². The Kier molecular flexibility index (Phi) is 10.5. The lowest BCUT2D eigenvalue weighted by Gasteiger charge is -2.42. The first-order valence-corrected chi connectivity index (χ1v) is 10.8. The van der Waals surface area contributed by atoms with Crippen molar-refractivity contribution in [1.82, 2.24) is 0 Å². The molecule has 1 N–H and O–H groups in total. The molecule has 134 valence electrons. The fourth-order valence-electron chi connectivity index (χ4n) is 3.41. The summed E-state index contributed by atoms with van der Waals surface area (Å²) >= 11 is 0. The molecule has 0 saturated heterocycles. The molecule has 0 bridgehead atoms. The second-order valence-electron chi connectivity index (χ2n) is 6.81. The van der Waals surface area contributed by atoms with E-state index in [2.05, 4.69) is 53.4 Å². The minimum atomic E-state index is -1.84. The van der Waals surface area contributed by atoms with Gasteiger partial charge in [0.05, 0.1) is 6.61 Å². The molecule has 0 aromatic heterocycles. The van der Waals surface area contributed by atoms with Crippen molar-refractivity contribution in [3.8, 4) is 11.8 Å². The minimum Gasteiger partial charge on any atom is -0.456 e. The van der Waals surface area contributed by atoms with Crippen LogP contribution in [0.2, 0.25) is 16.6 Å². The lowest BCUT2D eigenvalue weighted by Crippen LogP contribution is -2.48. The van der Waals surface area contributed by atoms with E-state index in [1.165, 1.54) is 0 Å². The summed E-state index contributed by atoms with van der Waals surface area (Å²) in [6.45, 7) is 16.2. The SMILES string of the molecule is CCOC(=O)C#C[C@H](O)CCCO[Si](C(C)C)(C(C)C)C(C)C. The summed E-state index contributed by atoms with van der Waals surface area (Å²) < 4.78 is 11.1. The number of hydrogen-bond acceptors (Lipinski definition) is 4. The van der Waals surface area contributed by atoms with E-state index in [1.54, 1.807) is 6.92 Å². The second-order valence-corrected chi connectivity index (χ2v) is 12.3. The maximum absolute atomic E-state index is 11.1. The summed E-state index contributed by atoms with van der Waals surface area (Å²) in [6.07, 6.45) is 0.432. The normalized spacial score (nSPS) is 13.2. The number of aliphatic hydroxyl groups excluding tert-OH is 1. The molecule has 4 nitrogen and oxygen atoms in total. The highest BCUT2D eigenvalue weighted by atomic mass is 28.4. The molecule has 0 rings (SSSR count). The molecule has 0 heterocycles. The van der Waals surface area contributed by atoms with Crippen molar-refractivity contribution in [3.05, 3.63) is 0 Å². The monoisotopic (exact) mass is 342 g/mol. The summed E-state index contributed by atoms with van der Waals surface area (Å²) in [4.78, 5) is 11.1. The molecule has 5 heteroatoms. The van der Waals surface area contributed by atoms with Gasteiger partial charge in [-0.3, -0.25) is 0 Å². The first kappa shape index (κ1) is 22.2. The van der Waals surface area contributed by atoms with Crippen LogP contribution in [0.4, 0.5) is 0 Å². The molecule has 0 aliphatic carbocycles. The Hall–Kier alpha value is -0.833. The quantitative estimate of drug-likeness (QED) is 0.227. The molecule has 1 atom stereocenters. The molecule has 0 spiro atoms. The van der Waals surface area contributed by atoms with Crippen LogP contribution in [0.5, 0.6) is 0 Å². The average Bonchev–Trinajstić information content (AvgIpc) is 2.44. The number of hydrogen-bond donors (Lipinski definition) is 1. The average molecular weight is 343 g/mol. The number of aliphatic hydroxyl groups is 1. The van der Waals surface area contributed by atoms with Gasteiger partial charge in [-0.05, 0) is 36.4 Å². The summed E-state index contributed by atoms with van der Waals surface area (Å²) in [6, 6.07) is 0. The van der Waals surface area contributed by atoms with Crippen molar-refractivity contribution in [2.45, 2.75) is 84.0 Å². The van der Waals surface area contributed by atoms with Crippen LogP contribution in [-0.2, 0) is 14.0 Å². The highest BCUT2D eigenvalue weighted by Gasteiger charge is 2.44. The number of carbonyl (C=O) groups excluding carboxylic acids is 1. The molecule has 0 aliphatic rings. The van der Waals surface area contributed by atoms with Crippen LogP contribution >= 0.6 is 0 Å². The highest BCUT2D eigenvalue weighted by molar-refractivity contribution is 6.77. The molecule has 0 aromatic carbocycles. The Morgan fingerprint density at radius 3 is 2.04 bits per heavy atom. The number of carbonyl (C=O) groups is 1.